The van der Waals surface area contributed by atoms with Gasteiger partial charge in [-0.3, -0.25) is 5.43 Å². The summed E-state index contributed by atoms with van der Waals surface area (Å²) in [6, 6.07) is 2.67. The van der Waals surface area contributed by atoms with Crippen LogP contribution < -0.4 is 16.2 Å². The molecular weight excluding hydrogens is 258 g/mol. The van der Waals surface area contributed by atoms with Gasteiger partial charge in [0.25, 0.3) is 0 Å². The minimum Gasteiger partial charge on any atom is -0.356 e. The van der Waals surface area contributed by atoms with Crippen LogP contribution in [0.5, 0.6) is 0 Å². The number of fused-ring (bicyclic) bond motifs is 1. The van der Waals surface area contributed by atoms with Crippen LogP contribution in [0.3, 0.4) is 0 Å². The Morgan fingerprint density at radius 3 is 2.84 bits per heavy atom. The minimum atomic E-state index is 0.493. The second-order valence-electron chi connectivity index (χ2n) is 5.06. The summed E-state index contributed by atoms with van der Waals surface area (Å²) in [6.45, 7) is 0. The maximum Gasteiger partial charge on any atom is 0.240 e. The van der Waals surface area contributed by atoms with E-state index < -0.39 is 0 Å². The highest BCUT2D eigenvalue weighted by Crippen LogP contribution is 2.32. The van der Waals surface area contributed by atoms with Crippen LogP contribution >= 0.6 is 11.3 Å². The number of nitrogen functional groups attached to an aromatic ring is 1. The molecule has 0 amide bonds. The molecule has 102 valence electrons. The number of rotatable bonds is 3. The third kappa shape index (κ3) is 2.37. The van der Waals surface area contributed by atoms with E-state index in [9.17, 15) is 0 Å². The van der Waals surface area contributed by atoms with E-state index in [4.69, 9.17) is 5.84 Å². The Hall–Kier alpha value is -1.40. The molecule has 0 radical (unpaired) electrons. The summed E-state index contributed by atoms with van der Waals surface area (Å²) in [5.74, 6) is 6.95. The van der Waals surface area contributed by atoms with E-state index in [1.165, 1.54) is 32.1 Å². The number of thiophene rings is 1. The monoisotopic (exact) mass is 277 g/mol. The van der Waals surface area contributed by atoms with Gasteiger partial charge < -0.3 is 4.90 Å². The number of anilines is 2. The first-order valence-corrected chi connectivity index (χ1v) is 7.62. The van der Waals surface area contributed by atoms with Gasteiger partial charge in [-0.05, 0) is 24.3 Å². The Kier molecular flexibility index (Phi) is 3.52. The molecule has 2 aromatic heterocycles. The van der Waals surface area contributed by atoms with Gasteiger partial charge in [0.2, 0.25) is 5.95 Å². The Labute approximate surface area is 116 Å². The van der Waals surface area contributed by atoms with Gasteiger partial charge >= 0.3 is 0 Å². The minimum absolute atomic E-state index is 0.493. The van der Waals surface area contributed by atoms with Crippen LogP contribution in [0.15, 0.2) is 11.4 Å². The molecule has 2 heterocycles. The molecule has 0 spiro atoms. The molecule has 3 N–H and O–H groups in total. The Bertz CT molecular complexity index is 561. The molecule has 1 saturated carbocycles. The van der Waals surface area contributed by atoms with Gasteiger partial charge in [0.1, 0.15) is 10.6 Å². The number of nitrogens with one attached hydrogen (secondary N) is 1. The number of hydrazine groups is 1. The van der Waals surface area contributed by atoms with Crippen molar-refractivity contribution in [3.05, 3.63) is 11.4 Å². The van der Waals surface area contributed by atoms with Crippen LogP contribution in [0.4, 0.5) is 11.8 Å². The largest absolute Gasteiger partial charge is 0.356 e. The molecule has 0 unspecified atom stereocenters. The third-order valence-corrected chi connectivity index (χ3v) is 4.70. The van der Waals surface area contributed by atoms with Crippen LogP contribution in [0.1, 0.15) is 32.1 Å². The van der Waals surface area contributed by atoms with Crippen molar-refractivity contribution >= 4 is 33.3 Å². The van der Waals surface area contributed by atoms with Gasteiger partial charge in [0, 0.05) is 13.1 Å². The third-order valence-electron chi connectivity index (χ3n) is 3.89. The fourth-order valence-corrected chi connectivity index (χ4v) is 3.57. The predicted octanol–water partition coefficient (Wildman–Crippen LogP) is 2.75. The van der Waals surface area contributed by atoms with Gasteiger partial charge in [-0.1, -0.05) is 19.3 Å². The summed E-state index contributed by atoms with van der Waals surface area (Å²) >= 11 is 1.62. The van der Waals surface area contributed by atoms with Crippen molar-refractivity contribution in [3.63, 3.8) is 0 Å². The van der Waals surface area contributed by atoms with E-state index in [2.05, 4.69) is 38.8 Å². The Morgan fingerprint density at radius 2 is 2.11 bits per heavy atom. The normalized spacial score (nSPS) is 16.7. The molecule has 3 rings (SSSR count). The fourth-order valence-electron chi connectivity index (χ4n) is 2.81. The fraction of sp³-hybridized carbons (Fsp3) is 0.538. The van der Waals surface area contributed by atoms with E-state index in [0.717, 1.165) is 16.0 Å². The molecule has 1 aliphatic carbocycles. The van der Waals surface area contributed by atoms with Crippen molar-refractivity contribution in [1.82, 2.24) is 9.97 Å². The molecule has 0 aliphatic heterocycles. The lowest BCUT2D eigenvalue weighted by Gasteiger charge is -2.32. The number of hydrogen-bond acceptors (Lipinski definition) is 6. The molecule has 1 aliphatic rings. The Balaban J connectivity index is 1.99. The van der Waals surface area contributed by atoms with Gasteiger partial charge in [-0.15, -0.1) is 11.3 Å². The first-order chi connectivity index (χ1) is 9.29. The van der Waals surface area contributed by atoms with E-state index in [1.807, 2.05) is 0 Å². The van der Waals surface area contributed by atoms with Gasteiger partial charge in [0.15, 0.2) is 0 Å². The maximum atomic E-state index is 5.47. The Morgan fingerprint density at radius 1 is 1.32 bits per heavy atom. The smallest absolute Gasteiger partial charge is 0.240 e. The topological polar surface area (TPSA) is 67.1 Å². The van der Waals surface area contributed by atoms with Crippen molar-refractivity contribution < 1.29 is 0 Å². The zero-order chi connectivity index (χ0) is 13.2. The second kappa shape index (κ2) is 5.30. The number of aromatic nitrogens is 2. The van der Waals surface area contributed by atoms with Gasteiger partial charge in [-0.25, -0.2) is 10.8 Å². The van der Waals surface area contributed by atoms with Crippen molar-refractivity contribution in [2.24, 2.45) is 5.84 Å². The lowest BCUT2D eigenvalue weighted by molar-refractivity contribution is 0.426. The lowest BCUT2D eigenvalue weighted by atomic mass is 9.94. The van der Waals surface area contributed by atoms with Crippen LogP contribution in [-0.4, -0.2) is 23.1 Å². The molecule has 0 aromatic carbocycles. The SMILES string of the molecule is CN(c1nc(NN)nc2sccc12)C1CCCCC1. The molecule has 19 heavy (non-hydrogen) atoms. The molecule has 2 aromatic rings. The maximum absolute atomic E-state index is 5.47. The van der Waals surface area contributed by atoms with E-state index in [0.29, 0.717) is 12.0 Å². The molecular formula is C13H19N5S. The number of hydrogen-bond donors (Lipinski definition) is 2. The molecule has 0 atom stereocenters. The van der Waals surface area contributed by atoms with E-state index in [1.54, 1.807) is 11.3 Å². The van der Waals surface area contributed by atoms with Crippen molar-refractivity contribution in [1.29, 1.82) is 0 Å². The van der Waals surface area contributed by atoms with E-state index >= 15 is 0 Å². The summed E-state index contributed by atoms with van der Waals surface area (Å²) in [4.78, 5) is 12.2. The average molecular weight is 277 g/mol. The lowest BCUT2D eigenvalue weighted by Crippen LogP contribution is -2.34. The summed E-state index contributed by atoms with van der Waals surface area (Å²) in [6.07, 6.45) is 6.48. The molecule has 6 heteroatoms. The summed E-state index contributed by atoms with van der Waals surface area (Å²) in [5.41, 5.74) is 2.56. The predicted molar refractivity (Wildman–Crippen MR) is 80.5 cm³/mol. The summed E-state index contributed by atoms with van der Waals surface area (Å²) in [5, 5.41) is 3.18. The molecule has 0 bridgehead atoms. The standard InChI is InChI=1S/C13H19N5S/c1-18(9-5-3-2-4-6-9)11-10-7-8-19-12(10)16-13(15-11)17-14/h7-9H,2-6,14H2,1H3,(H,15,16,17). The van der Waals surface area contributed by atoms with Crippen molar-refractivity contribution in [2.45, 2.75) is 38.1 Å². The quantitative estimate of drug-likeness (QED) is 0.667. The highest BCUT2D eigenvalue weighted by Gasteiger charge is 2.21. The van der Waals surface area contributed by atoms with Crippen molar-refractivity contribution in [3.8, 4) is 0 Å². The van der Waals surface area contributed by atoms with Crippen LogP contribution in [0, 0.1) is 0 Å². The van der Waals surface area contributed by atoms with E-state index in [-0.39, 0.29) is 0 Å². The highest BCUT2D eigenvalue weighted by molar-refractivity contribution is 7.16. The van der Waals surface area contributed by atoms with Gasteiger partial charge in [-0.2, -0.15) is 4.98 Å². The average Bonchev–Trinajstić information content (AvgIpc) is 2.94. The first-order valence-electron chi connectivity index (χ1n) is 6.74. The van der Waals surface area contributed by atoms with Crippen LogP contribution in [-0.2, 0) is 0 Å². The van der Waals surface area contributed by atoms with Crippen molar-refractivity contribution in [2.75, 3.05) is 17.4 Å². The zero-order valence-corrected chi connectivity index (χ0v) is 11.9. The van der Waals surface area contributed by atoms with Gasteiger partial charge in [0.05, 0.1) is 5.39 Å². The van der Waals surface area contributed by atoms with Crippen LogP contribution in [0.25, 0.3) is 10.2 Å². The number of nitrogens with zero attached hydrogens (tertiary/aromatic N) is 3. The zero-order valence-electron chi connectivity index (χ0n) is 11.1. The first kappa shape index (κ1) is 12.6. The van der Waals surface area contributed by atoms with Crippen LogP contribution in [0.2, 0.25) is 0 Å². The molecule has 0 saturated heterocycles. The second-order valence-corrected chi connectivity index (χ2v) is 5.95. The molecule has 1 fully saturated rings. The summed E-state index contributed by atoms with van der Waals surface area (Å²) < 4.78 is 0. The molecule has 5 nitrogen and oxygen atoms in total. The highest BCUT2D eigenvalue weighted by atomic mass is 32.1. The summed E-state index contributed by atoms with van der Waals surface area (Å²) in [7, 11) is 2.13. The number of nitrogens with two attached hydrogens (primary N) is 1.